The molecule has 0 unspecified atom stereocenters. The van der Waals surface area contributed by atoms with Crippen molar-refractivity contribution < 1.29 is 13.9 Å². The van der Waals surface area contributed by atoms with Crippen LogP contribution in [0.25, 0.3) is 0 Å². The van der Waals surface area contributed by atoms with Crippen LogP contribution in [0.4, 0.5) is 8.78 Å². The molecule has 2 rings (SSSR count). The van der Waals surface area contributed by atoms with Crippen LogP contribution in [0, 0.1) is 17.6 Å². The van der Waals surface area contributed by atoms with Crippen LogP contribution in [-0.4, -0.2) is 17.8 Å². The maximum absolute atomic E-state index is 13.7. The van der Waals surface area contributed by atoms with E-state index in [0.29, 0.717) is 5.92 Å². The lowest BCUT2D eigenvalue weighted by Gasteiger charge is -2.25. The van der Waals surface area contributed by atoms with Crippen molar-refractivity contribution >= 4 is 15.9 Å². The minimum atomic E-state index is -0.536. The van der Waals surface area contributed by atoms with E-state index < -0.39 is 11.6 Å². The van der Waals surface area contributed by atoms with Gasteiger partial charge in [-0.25, -0.2) is 8.78 Å². The number of aliphatic hydroxyl groups excluding tert-OH is 1. The lowest BCUT2D eigenvalue weighted by Crippen LogP contribution is -2.28. The molecule has 1 saturated carbocycles. The average Bonchev–Trinajstić information content (AvgIpc) is 2.40. The van der Waals surface area contributed by atoms with Gasteiger partial charge in [0.05, 0.1) is 10.6 Å². The fraction of sp³-hybridized carbons (Fsp3) is 0.571. The zero-order valence-corrected chi connectivity index (χ0v) is 12.2. The Bertz CT molecular complexity index is 434. The molecule has 1 aliphatic rings. The number of benzene rings is 1. The summed E-state index contributed by atoms with van der Waals surface area (Å²) in [5, 5.41) is 12.5. The summed E-state index contributed by atoms with van der Waals surface area (Å²) in [5.41, 5.74) is 0.0743. The van der Waals surface area contributed by atoms with Gasteiger partial charge < -0.3 is 10.4 Å². The number of hydrogen-bond acceptors (Lipinski definition) is 2. The van der Waals surface area contributed by atoms with E-state index in [4.69, 9.17) is 0 Å². The first-order valence-corrected chi connectivity index (χ1v) is 7.38. The lowest BCUT2D eigenvalue weighted by atomic mass is 9.87. The van der Waals surface area contributed by atoms with Gasteiger partial charge in [-0.05, 0) is 66.2 Å². The molecule has 0 bridgehead atoms. The van der Waals surface area contributed by atoms with E-state index >= 15 is 0 Å². The third kappa shape index (κ3) is 3.97. The summed E-state index contributed by atoms with van der Waals surface area (Å²) in [5.74, 6) is -0.569. The van der Waals surface area contributed by atoms with E-state index in [0.717, 1.165) is 32.2 Å². The van der Waals surface area contributed by atoms with Crippen molar-refractivity contribution in [3.8, 4) is 0 Å². The van der Waals surface area contributed by atoms with Crippen LogP contribution in [0.2, 0.25) is 0 Å². The maximum Gasteiger partial charge on any atom is 0.144 e. The summed E-state index contributed by atoms with van der Waals surface area (Å²) in [6.07, 6.45) is 3.42. The molecule has 106 valence electrons. The largest absolute Gasteiger partial charge is 0.393 e. The molecular weight excluding hydrogens is 316 g/mol. The Balaban J connectivity index is 1.84. The van der Waals surface area contributed by atoms with Crippen molar-refractivity contribution in [2.45, 2.75) is 38.3 Å². The Kier molecular flexibility index (Phi) is 5.30. The van der Waals surface area contributed by atoms with E-state index in [-0.39, 0.29) is 22.7 Å². The van der Waals surface area contributed by atoms with E-state index in [1.807, 2.05) is 0 Å². The predicted molar refractivity (Wildman–Crippen MR) is 73.7 cm³/mol. The summed E-state index contributed by atoms with van der Waals surface area (Å²) in [6, 6.07) is 2.64. The zero-order valence-electron chi connectivity index (χ0n) is 10.6. The summed E-state index contributed by atoms with van der Waals surface area (Å²) in [6.45, 7) is 0.925. The van der Waals surface area contributed by atoms with Crippen LogP contribution in [0.15, 0.2) is 16.6 Å². The quantitative estimate of drug-likeness (QED) is 0.828. The smallest absolute Gasteiger partial charge is 0.144 e. The van der Waals surface area contributed by atoms with E-state index in [2.05, 4.69) is 21.2 Å². The lowest BCUT2D eigenvalue weighted by molar-refractivity contribution is 0.108. The predicted octanol–water partition coefficient (Wildman–Crippen LogP) is 3.37. The molecule has 0 aromatic heterocycles. The molecule has 2 N–H and O–H groups in total. The average molecular weight is 334 g/mol. The Hall–Kier alpha value is -0.520. The molecule has 5 heteroatoms. The van der Waals surface area contributed by atoms with Gasteiger partial charge in [0.2, 0.25) is 0 Å². The molecule has 0 radical (unpaired) electrons. The summed E-state index contributed by atoms with van der Waals surface area (Å²) in [4.78, 5) is 0. The Morgan fingerprint density at radius 3 is 2.58 bits per heavy atom. The Labute approximate surface area is 120 Å². The van der Waals surface area contributed by atoms with E-state index in [1.165, 1.54) is 12.1 Å². The van der Waals surface area contributed by atoms with Gasteiger partial charge in [0.15, 0.2) is 0 Å². The molecule has 1 aliphatic carbocycles. The molecule has 1 aromatic rings. The molecule has 1 fully saturated rings. The van der Waals surface area contributed by atoms with E-state index in [1.54, 1.807) is 0 Å². The highest BCUT2D eigenvalue weighted by Crippen LogP contribution is 2.24. The topological polar surface area (TPSA) is 32.3 Å². The van der Waals surface area contributed by atoms with Crippen LogP contribution in [0.3, 0.4) is 0 Å². The highest BCUT2D eigenvalue weighted by Gasteiger charge is 2.19. The second-order valence-electron chi connectivity index (χ2n) is 5.13. The molecule has 0 atom stereocenters. The minimum Gasteiger partial charge on any atom is -0.393 e. The SMILES string of the molecule is OC1CCC(CNCc2c(F)ccc(Br)c2F)CC1. The molecule has 0 saturated heterocycles. The number of aliphatic hydroxyl groups is 1. The van der Waals surface area contributed by atoms with Crippen LogP contribution < -0.4 is 5.32 Å². The fourth-order valence-electron chi connectivity index (χ4n) is 2.48. The van der Waals surface area contributed by atoms with Crippen LogP contribution >= 0.6 is 15.9 Å². The van der Waals surface area contributed by atoms with Gasteiger partial charge in [0, 0.05) is 12.1 Å². The maximum atomic E-state index is 13.7. The molecule has 19 heavy (non-hydrogen) atoms. The molecule has 0 spiro atoms. The fourth-order valence-corrected chi connectivity index (χ4v) is 2.85. The van der Waals surface area contributed by atoms with Gasteiger partial charge in [0.1, 0.15) is 11.6 Å². The Morgan fingerprint density at radius 2 is 1.89 bits per heavy atom. The third-order valence-electron chi connectivity index (χ3n) is 3.69. The van der Waals surface area contributed by atoms with Crippen LogP contribution in [-0.2, 0) is 6.54 Å². The molecule has 0 amide bonds. The van der Waals surface area contributed by atoms with Gasteiger partial charge in [-0.2, -0.15) is 0 Å². The van der Waals surface area contributed by atoms with Crippen molar-refractivity contribution in [3.05, 3.63) is 33.8 Å². The summed E-state index contributed by atoms with van der Waals surface area (Å²) in [7, 11) is 0. The first-order chi connectivity index (χ1) is 9.08. The van der Waals surface area contributed by atoms with Crippen molar-refractivity contribution in [2.75, 3.05) is 6.54 Å². The van der Waals surface area contributed by atoms with Crippen LogP contribution in [0.5, 0.6) is 0 Å². The molecule has 0 aliphatic heterocycles. The minimum absolute atomic E-state index is 0.0743. The Morgan fingerprint density at radius 1 is 1.21 bits per heavy atom. The first kappa shape index (κ1) is 14.9. The molecular formula is C14H18BrF2NO. The second kappa shape index (κ2) is 6.77. The van der Waals surface area contributed by atoms with Crippen molar-refractivity contribution in [2.24, 2.45) is 5.92 Å². The second-order valence-corrected chi connectivity index (χ2v) is 5.98. The number of rotatable bonds is 4. The van der Waals surface area contributed by atoms with Crippen LogP contribution in [0.1, 0.15) is 31.2 Å². The van der Waals surface area contributed by atoms with E-state index in [9.17, 15) is 13.9 Å². The summed E-state index contributed by atoms with van der Waals surface area (Å²) < 4.78 is 27.5. The zero-order chi connectivity index (χ0) is 13.8. The van der Waals surface area contributed by atoms with Gasteiger partial charge in [0.25, 0.3) is 0 Å². The van der Waals surface area contributed by atoms with Gasteiger partial charge >= 0.3 is 0 Å². The van der Waals surface area contributed by atoms with Gasteiger partial charge in [-0.1, -0.05) is 0 Å². The molecule has 0 heterocycles. The number of halogens is 3. The van der Waals surface area contributed by atoms with Gasteiger partial charge in [-0.3, -0.25) is 0 Å². The highest BCUT2D eigenvalue weighted by molar-refractivity contribution is 9.10. The standard InChI is InChI=1S/C14H18BrF2NO/c15-12-5-6-13(16)11(14(12)17)8-18-7-9-1-3-10(19)4-2-9/h5-6,9-10,18-19H,1-4,7-8H2. The van der Waals surface area contributed by atoms with Gasteiger partial charge in [-0.15, -0.1) is 0 Å². The van der Waals surface area contributed by atoms with Crippen molar-refractivity contribution in [1.29, 1.82) is 0 Å². The van der Waals surface area contributed by atoms with Crippen molar-refractivity contribution in [3.63, 3.8) is 0 Å². The molecule has 1 aromatic carbocycles. The molecule has 2 nitrogen and oxygen atoms in total. The third-order valence-corrected chi connectivity index (χ3v) is 4.30. The highest BCUT2D eigenvalue weighted by atomic mass is 79.9. The number of hydrogen-bond donors (Lipinski definition) is 2. The number of nitrogens with one attached hydrogen (secondary N) is 1. The first-order valence-electron chi connectivity index (χ1n) is 6.59. The summed E-state index contributed by atoms with van der Waals surface area (Å²) >= 11 is 3.06. The van der Waals surface area contributed by atoms with Crippen molar-refractivity contribution in [1.82, 2.24) is 5.32 Å². The monoisotopic (exact) mass is 333 g/mol. The normalized spacial score (nSPS) is 23.6.